The molecular weight excluding hydrogens is 172 g/mol. The lowest BCUT2D eigenvalue weighted by molar-refractivity contribution is -0.0660. The zero-order valence-corrected chi connectivity index (χ0v) is 9.87. The Labute approximate surface area is 88.3 Å². The second-order valence-electron chi connectivity index (χ2n) is 5.32. The second-order valence-corrected chi connectivity index (χ2v) is 5.32. The molecule has 3 fully saturated rings. The molecule has 3 rings (SSSR count). The molecule has 0 amide bonds. The van der Waals surface area contributed by atoms with Gasteiger partial charge in [0.1, 0.15) is 0 Å². The zero-order valence-electron chi connectivity index (χ0n) is 9.87. The van der Waals surface area contributed by atoms with Gasteiger partial charge in [-0.3, -0.25) is 4.90 Å². The van der Waals surface area contributed by atoms with Gasteiger partial charge in [0.2, 0.25) is 0 Å². The Morgan fingerprint density at radius 1 is 1.21 bits per heavy atom. The summed E-state index contributed by atoms with van der Waals surface area (Å²) in [7, 11) is 0. The highest BCUT2D eigenvalue weighted by molar-refractivity contribution is 5.00. The Kier molecular flexibility index (Phi) is 3.13. The van der Waals surface area contributed by atoms with Crippen LogP contribution in [0, 0.1) is 5.92 Å². The van der Waals surface area contributed by atoms with Crippen LogP contribution in [0.4, 0.5) is 0 Å². The van der Waals surface area contributed by atoms with E-state index >= 15 is 0 Å². The molecule has 14 heavy (non-hydrogen) atoms. The summed E-state index contributed by atoms with van der Waals surface area (Å²) in [6.45, 7) is 12.2. The topological polar surface area (TPSA) is 6.48 Å². The average Bonchev–Trinajstić information content (AvgIpc) is 2.16. The van der Waals surface area contributed by atoms with Crippen LogP contribution in [0.25, 0.3) is 0 Å². The average molecular weight is 196 g/mol. The molecule has 2 nitrogen and oxygen atoms in total. The third kappa shape index (κ3) is 1.96. The van der Waals surface area contributed by atoms with Gasteiger partial charge in [-0.1, -0.05) is 20.8 Å². The molecule has 0 N–H and O–H groups in total. The van der Waals surface area contributed by atoms with Gasteiger partial charge in [0, 0.05) is 25.2 Å². The minimum atomic E-state index is 0.857. The van der Waals surface area contributed by atoms with E-state index in [1.165, 1.54) is 39.0 Å². The van der Waals surface area contributed by atoms with E-state index in [2.05, 4.69) is 30.6 Å². The Balaban J connectivity index is 1.74. The van der Waals surface area contributed by atoms with E-state index in [1.54, 1.807) is 0 Å². The summed E-state index contributed by atoms with van der Waals surface area (Å²) in [4.78, 5) is 5.34. The molecule has 0 aliphatic carbocycles. The summed E-state index contributed by atoms with van der Waals surface area (Å²) < 4.78 is 0. The highest BCUT2D eigenvalue weighted by atomic mass is 15.3. The Morgan fingerprint density at radius 3 is 2.36 bits per heavy atom. The largest absolute Gasteiger partial charge is 0.300 e. The molecule has 3 aliphatic rings. The van der Waals surface area contributed by atoms with Gasteiger partial charge in [0.25, 0.3) is 0 Å². The fourth-order valence-electron chi connectivity index (χ4n) is 2.91. The van der Waals surface area contributed by atoms with Crippen molar-refractivity contribution in [3.8, 4) is 0 Å². The van der Waals surface area contributed by atoms with E-state index in [0.29, 0.717) is 0 Å². The first-order chi connectivity index (χ1) is 6.70. The Morgan fingerprint density at radius 2 is 1.86 bits per heavy atom. The summed E-state index contributed by atoms with van der Waals surface area (Å²) in [5, 5.41) is 0. The van der Waals surface area contributed by atoms with Crippen molar-refractivity contribution < 1.29 is 0 Å². The van der Waals surface area contributed by atoms with Gasteiger partial charge in [-0.25, -0.2) is 0 Å². The van der Waals surface area contributed by atoms with Crippen LogP contribution in [0.1, 0.15) is 33.6 Å². The van der Waals surface area contributed by atoms with E-state index in [9.17, 15) is 0 Å². The standard InChI is InChI=1S/C12H24N2/c1-4-14-11-7-12(14)9-13(8-11)6-5-10(2)3/h10-12H,4-9H2,1-3H3. The molecule has 0 radical (unpaired) electrons. The highest BCUT2D eigenvalue weighted by Gasteiger charge is 2.42. The Bertz CT molecular complexity index is 179. The quantitative estimate of drug-likeness (QED) is 0.676. The van der Waals surface area contributed by atoms with E-state index < -0.39 is 0 Å². The third-order valence-corrected chi connectivity index (χ3v) is 3.81. The van der Waals surface area contributed by atoms with Gasteiger partial charge in [0.05, 0.1) is 0 Å². The minimum absolute atomic E-state index is 0.857. The molecule has 2 atom stereocenters. The number of likely N-dealkylation sites (N-methyl/N-ethyl adjacent to an activating group) is 1. The van der Waals surface area contributed by atoms with Crippen molar-refractivity contribution in [2.24, 2.45) is 5.92 Å². The van der Waals surface area contributed by atoms with Crippen LogP contribution in [0.15, 0.2) is 0 Å². The van der Waals surface area contributed by atoms with Crippen LogP contribution in [0.5, 0.6) is 0 Å². The van der Waals surface area contributed by atoms with Crippen LogP contribution in [0.3, 0.4) is 0 Å². The lowest BCUT2D eigenvalue weighted by atomic mass is 9.87. The first-order valence-corrected chi connectivity index (χ1v) is 6.18. The lowest BCUT2D eigenvalue weighted by Crippen LogP contribution is -2.68. The van der Waals surface area contributed by atoms with Crippen LogP contribution in [-0.2, 0) is 0 Å². The van der Waals surface area contributed by atoms with Crippen molar-refractivity contribution in [3.63, 3.8) is 0 Å². The second kappa shape index (κ2) is 4.19. The third-order valence-electron chi connectivity index (χ3n) is 3.81. The maximum Gasteiger partial charge on any atom is 0.0241 e. The molecule has 82 valence electrons. The molecular formula is C12H24N2. The van der Waals surface area contributed by atoms with E-state index in [-0.39, 0.29) is 0 Å². The predicted octanol–water partition coefficient (Wildman–Crippen LogP) is 1.81. The van der Waals surface area contributed by atoms with Gasteiger partial charge < -0.3 is 4.90 Å². The summed E-state index contributed by atoms with van der Waals surface area (Å²) in [6, 6.07) is 1.79. The van der Waals surface area contributed by atoms with E-state index in [1.807, 2.05) is 0 Å². The zero-order chi connectivity index (χ0) is 10.1. The number of rotatable bonds is 4. The Hall–Kier alpha value is -0.0800. The predicted molar refractivity (Wildman–Crippen MR) is 60.5 cm³/mol. The molecule has 0 aromatic heterocycles. The van der Waals surface area contributed by atoms with Gasteiger partial charge in [-0.2, -0.15) is 0 Å². The fourth-order valence-corrected chi connectivity index (χ4v) is 2.91. The molecule has 3 aliphatic heterocycles. The SMILES string of the molecule is CCN1C2CC1CN(CCC(C)C)C2. The van der Waals surface area contributed by atoms with Gasteiger partial charge in [-0.15, -0.1) is 0 Å². The van der Waals surface area contributed by atoms with E-state index in [0.717, 1.165) is 18.0 Å². The van der Waals surface area contributed by atoms with Crippen molar-refractivity contribution in [1.29, 1.82) is 0 Å². The molecule has 2 unspecified atom stereocenters. The smallest absolute Gasteiger partial charge is 0.0241 e. The summed E-state index contributed by atoms with van der Waals surface area (Å²) >= 11 is 0. The number of hydrogen-bond acceptors (Lipinski definition) is 2. The maximum atomic E-state index is 2.67. The molecule has 2 heteroatoms. The number of piperazine rings is 1. The fraction of sp³-hybridized carbons (Fsp3) is 1.00. The molecule has 3 heterocycles. The number of nitrogens with zero attached hydrogens (tertiary/aromatic N) is 2. The van der Waals surface area contributed by atoms with Gasteiger partial charge >= 0.3 is 0 Å². The molecule has 0 saturated carbocycles. The maximum absolute atomic E-state index is 2.67. The van der Waals surface area contributed by atoms with E-state index in [4.69, 9.17) is 0 Å². The molecule has 3 saturated heterocycles. The lowest BCUT2D eigenvalue weighted by Gasteiger charge is -2.56. The monoisotopic (exact) mass is 196 g/mol. The minimum Gasteiger partial charge on any atom is -0.300 e. The first-order valence-electron chi connectivity index (χ1n) is 6.18. The van der Waals surface area contributed by atoms with Gasteiger partial charge in [-0.05, 0) is 31.8 Å². The summed E-state index contributed by atoms with van der Waals surface area (Å²) in [5.74, 6) is 0.857. The molecule has 2 bridgehead atoms. The van der Waals surface area contributed by atoms with Crippen LogP contribution in [0.2, 0.25) is 0 Å². The van der Waals surface area contributed by atoms with Crippen molar-refractivity contribution >= 4 is 0 Å². The highest BCUT2D eigenvalue weighted by Crippen LogP contribution is 2.31. The number of hydrogen-bond donors (Lipinski definition) is 0. The molecule has 0 aromatic rings. The van der Waals surface area contributed by atoms with Crippen molar-refractivity contribution in [3.05, 3.63) is 0 Å². The number of piperidine rings is 1. The van der Waals surface area contributed by atoms with Crippen LogP contribution in [-0.4, -0.2) is 48.1 Å². The normalized spacial score (nSPS) is 33.4. The molecule has 0 spiro atoms. The van der Waals surface area contributed by atoms with Crippen LogP contribution >= 0.6 is 0 Å². The van der Waals surface area contributed by atoms with Crippen molar-refractivity contribution in [1.82, 2.24) is 9.80 Å². The van der Waals surface area contributed by atoms with Crippen molar-refractivity contribution in [2.75, 3.05) is 26.2 Å². The van der Waals surface area contributed by atoms with Crippen molar-refractivity contribution in [2.45, 2.75) is 45.7 Å². The number of fused-ring (bicyclic) bond motifs is 2. The van der Waals surface area contributed by atoms with Crippen LogP contribution < -0.4 is 0 Å². The molecule has 0 aromatic carbocycles. The summed E-state index contributed by atoms with van der Waals surface area (Å²) in [6.07, 6.45) is 2.83. The first kappa shape index (κ1) is 10.4. The summed E-state index contributed by atoms with van der Waals surface area (Å²) in [5.41, 5.74) is 0. The van der Waals surface area contributed by atoms with Gasteiger partial charge in [0.15, 0.2) is 0 Å².